The van der Waals surface area contributed by atoms with Crippen molar-refractivity contribution in [3.05, 3.63) is 90.0 Å². The summed E-state index contributed by atoms with van der Waals surface area (Å²) in [5, 5.41) is 18.1. The molecule has 236 valence electrons. The van der Waals surface area contributed by atoms with Gasteiger partial charge in [-0.25, -0.2) is 18.9 Å². The van der Waals surface area contributed by atoms with Crippen LogP contribution in [0.2, 0.25) is 0 Å². The van der Waals surface area contributed by atoms with E-state index in [2.05, 4.69) is 25.1 Å². The third-order valence-corrected chi connectivity index (χ3v) is 7.90. The van der Waals surface area contributed by atoms with Gasteiger partial charge in [0.25, 0.3) is 0 Å². The molecule has 1 unspecified atom stereocenters. The predicted molar refractivity (Wildman–Crippen MR) is 164 cm³/mol. The van der Waals surface area contributed by atoms with E-state index in [0.717, 1.165) is 11.1 Å². The summed E-state index contributed by atoms with van der Waals surface area (Å²) in [5.74, 6) is 0.0981. The molecule has 1 atom stereocenters. The molecule has 1 fully saturated rings. The number of amides is 2. The molecule has 14 heteroatoms. The summed E-state index contributed by atoms with van der Waals surface area (Å²) in [6, 6.07) is 16.8. The summed E-state index contributed by atoms with van der Waals surface area (Å²) >= 11 is 1.26. The van der Waals surface area contributed by atoms with E-state index in [1.807, 2.05) is 38.1 Å². The molecule has 2 N–H and O–H groups in total. The number of aliphatic imine (C=N–C) groups is 1. The predicted octanol–water partition coefficient (Wildman–Crippen LogP) is 6.67. The fourth-order valence-electron chi connectivity index (χ4n) is 4.73. The number of hydrogen-bond acceptors (Lipinski definition) is 6. The van der Waals surface area contributed by atoms with E-state index in [1.54, 1.807) is 11.0 Å². The molecule has 0 aliphatic carbocycles. The van der Waals surface area contributed by atoms with Crippen LogP contribution in [0.5, 0.6) is 5.75 Å². The van der Waals surface area contributed by atoms with Crippen LogP contribution in [0.3, 0.4) is 0 Å². The molecule has 45 heavy (non-hydrogen) atoms. The molecule has 2 heterocycles. The number of benzene rings is 3. The van der Waals surface area contributed by atoms with Gasteiger partial charge in [0.1, 0.15) is 24.1 Å². The molecule has 2 amide bonds. The van der Waals surface area contributed by atoms with Gasteiger partial charge in [-0.2, -0.15) is 4.99 Å². The van der Waals surface area contributed by atoms with Gasteiger partial charge >= 0.3 is 12.4 Å². The van der Waals surface area contributed by atoms with Gasteiger partial charge in [0.05, 0.1) is 5.69 Å². The van der Waals surface area contributed by atoms with Crippen LogP contribution in [-0.4, -0.2) is 56.0 Å². The highest BCUT2D eigenvalue weighted by atomic mass is 32.2. The number of thioether (sulfide) groups is 1. The summed E-state index contributed by atoms with van der Waals surface area (Å²) in [7, 11) is 0. The van der Waals surface area contributed by atoms with Crippen LogP contribution in [0.15, 0.2) is 78.0 Å². The van der Waals surface area contributed by atoms with Gasteiger partial charge in [0.2, 0.25) is 0 Å². The molecule has 1 aliphatic heterocycles. The second-order valence-electron chi connectivity index (χ2n) is 10.5. The summed E-state index contributed by atoms with van der Waals surface area (Å²) < 4.78 is 56.4. The highest BCUT2D eigenvalue weighted by Gasteiger charge is 2.33. The van der Waals surface area contributed by atoms with Crippen molar-refractivity contribution in [3.63, 3.8) is 0 Å². The molecule has 0 radical (unpaired) electrons. The van der Waals surface area contributed by atoms with Gasteiger partial charge in [0, 0.05) is 23.5 Å². The zero-order valence-electron chi connectivity index (χ0n) is 24.3. The van der Waals surface area contributed by atoms with Crippen LogP contribution in [0.25, 0.3) is 17.1 Å². The normalized spacial score (nSPS) is 16.0. The van der Waals surface area contributed by atoms with Crippen molar-refractivity contribution in [2.45, 2.75) is 45.2 Å². The van der Waals surface area contributed by atoms with E-state index >= 15 is 0 Å². The van der Waals surface area contributed by atoms with E-state index in [1.165, 1.54) is 59.2 Å². The molecule has 0 bridgehead atoms. The number of carbonyl (C=O) groups excluding carboxylic acids is 1. The molecule has 4 aromatic rings. The first kappa shape index (κ1) is 32.0. The highest BCUT2D eigenvalue weighted by Crippen LogP contribution is 2.35. The Morgan fingerprint density at radius 3 is 2.56 bits per heavy atom. The van der Waals surface area contributed by atoms with Crippen LogP contribution in [-0.2, 0) is 6.42 Å². The maximum Gasteiger partial charge on any atom is 0.573 e. The van der Waals surface area contributed by atoms with Gasteiger partial charge < -0.3 is 15.2 Å². The second-order valence-corrected chi connectivity index (χ2v) is 11.5. The number of aliphatic hydroxyl groups excluding tert-OH is 1. The maximum atomic E-state index is 13.9. The standard InChI is InChI=1S/C31H30F4N6O3S/c1-19(2)25-16-22(32)9-14-26(25)41-27(42)17-45-30(41)38-29(43)36-15-3-4-20-5-7-21(8-6-20)28-37-18-40(39-28)23-10-12-24(13-11-23)44-31(33,34)35/h5-14,16,18-19,27,42H,3-4,15,17H2,1-2H3,(H,36,43)/b38-30-. The number of urea groups is 1. The van der Waals surface area contributed by atoms with Crippen LogP contribution in [0.4, 0.5) is 28.0 Å². The van der Waals surface area contributed by atoms with Crippen molar-refractivity contribution in [1.82, 2.24) is 20.1 Å². The second kappa shape index (κ2) is 13.7. The maximum absolute atomic E-state index is 13.9. The Morgan fingerprint density at radius 2 is 1.87 bits per heavy atom. The quantitative estimate of drug-likeness (QED) is 0.155. The van der Waals surface area contributed by atoms with E-state index < -0.39 is 18.6 Å². The molecule has 1 aromatic heterocycles. The van der Waals surface area contributed by atoms with Gasteiger partial charge in [0.15, 0.2) is 11.0 Å². The first-order valence-corrected chi connectivity index (χ1v) is 15.1. The first-order chi connectivity index (χ1) is 21.5. The number of aliphatic hydroxyl groups is 1. The van der Waals surface area contributed by atoms with E-state index in [4.69, 9.17) is 0 Å². The Morgan fingerprint density at radius 1 is 1.13 bits per heavy atom. The molecule has 0 spiro atoms. The Kier molecular flexibility index (Phi) is 9.73. The third kappa shape index (κ3) is 8.19. The molecule has 3 aromatic carbocycles. The Hall–Kier alpha value is -4.43. The Balaban J connectivity index is 1.13. The van der Waals surface area contributed by atoms with Crippen LogP contribution in [0, 0.1) is 5.82 Å². The van der Waals surface area contributed by atoms with E-state index in [9.17, 15) is 27.5 Å². The topological polar surface area (TPSA) is 105 Å². The number of nitrogens with one attached hydrogen (secondary N) is 1. The molecule has 1 saturated heterocycles. The molecule has 9 nitrogen and oxygen atoms in total. The average Bonchev–Trinajstić information content (AvgIpc) is 3.62. The lowest BCUT2D eigenvalue weighted by Crippen LogP contribution is -2.35. The molecule has 0 saturated carbocycles. The number of aromatic nitrogens is 3. The largest absolute Gasteiger partial charge is 0.573 e. The minimum absolute atomic E-state index is 0.00224. The number of nitrogens with zero attached hydrogens (tertiary/aromatic N) is 5. The summed E-state index contributed by atoms with van der Waals surface area (Å²) in [6.45, 7) is 4.25. The number of rotatable bonds is 9. The lowest BCUT2D eigenvalue weighted by Gasteiger charge is -2.26. The number of aryl methyl sites for hydroxylation is 1. The minimum Gasteiger partial charge on any atom is -0.406 e. The molecule has 1 aliphatic rings. The Bertz CT molecular complexity index is 1660. The number of hydrogen-bond donors (Lipinski definition) is 2. The Labute approximate surface area is 260 Å². The van der Waals surface area contributed by atoms with Crippen molar-refractivity contribution >= 4 is 28.6 Å². The molecular weight excluding hydrogens is 612 g/mol. The minimum atomic E-state index is -4.76. The fourth-order valence-corrected chi connectivity index (χ4v) is 5.69. The van der Waals surface area contributed by atoms with E-state index in [-0.39, 0.29) is 17.5 Å². The SMILES string of the molecule is CC(C)c1cc(F)ccc1N1/C(=N/C(=O)NCCCc2ccc(-c3ncn(-c4ccc(OC(F)(F)F)cc4)n3)cc2)SCC1O. The van der Waals surface area contributed by atoms with Gasteiger partial charge in [-0.1, -0.05) is 49.9 Å². The number of alkyl halides is 3. The zero-order chi connectivity index (χ0) is 32.1. The molecular formula is C31H30F4N6O3S. The van der Waals surface area contributed by atoms with Crippen molar-refractivity contribution in [2.24, 2.45) is 4.99 Å². The number of carbonyl (C=O) groups is 1. The summed E-state index contributed by atoms with van der Waals surface area (Å²) in [5.41, 5.74) is 3.67. The van der Waals surface area contributed by atoms with Gasteiger partial charge in [-0.05, 0) is 72.4 Å². The number of amidine groups is 1. The van der Waals surface area contributed by atoms with Crippen molar-refractivity contribution < 1.29 is 32.2 Å². The number of anilines is 1. The smallest absolute Gasteiger partial charge is 0.406 e. The monoisotopic (exact) mass is 642 g/mol. The van der Waals surface area contributed by atoms with Gasteiger partial charge in [-0.15, -0.1) is 18.3 Å². The average molecular weight is 643 g/mol. The summed E-state index contributed by atoms with van der Waals surface area (Å²) in [4.78, 5) is 22.6. The third-order valence-electron chi connectivity index (χ3n) is 6.89. The highest BCUT2D eigenvalue weighted by molar-refractivity contribution is 8.14. The van der Waals surface area contributed by atoms with Crippen molar-refractivity contribution in [1.29, 1.82) is 0 Å². The lowest BCUT2D eigenvalue weighted by molar-refractivity contribution is -0.274. The zero-order valence-corrected chi connectivity index (χ0v) is 25.1. The van der Waals surface area contributed by atoms with Crippen molar-refractivity contribution in [3.8, 4) is 22.8 Å². The number of ether oxygens (including phenoxy) is 1. The fraction of sp³-hybridized carbons (Fsp3) is 0.290. The van der Waals surface area contributed by atoms with Crippen molar-refractivity contribution in [2.75, 3.05) is 17.2 Å². The van der Waals surface area contributed by atoms with Gasteiger partial charge in [-0.3, -0.25) is 4.90 Å². The van der Waals surface area contributed by atoms with Crippen LogP contribution < -0.4 is 15.0 Å². The van der Waals surface area contributed by atoms with Crippen LogP contribution >= 0.6 is 11.8 Å². The first-order valence-electron chi connectivity index (χ1n) is 14.1. The van der Waals surface area contributed by atoms with E-state index in [0.29, 0.717) is 53.1 Å². The lowest BCUT2D eigenvalue weighted by atomic mass is 10.0. The molecule has 5 rings (SSSR count). The van der Waals surface area contributed by atoms with Crippen LogP contribution in [0.1, 0.15) is 37.3 Å². The number of halogens is 4. The summed E-state index contributed by atoms with van der Waals surface area (Å²) in [6.07, 6.45) is -2.82.